The van der Waals surface area contributed by atoms with Gasteiger partial charge in [0.1, 0.15) is 5.75 Å². The molecule has 3 nitrogen and oxygen atoms in total. The van der Waals surface area contributed by atoms with Crippen LogP contribution in [-0.2, 0) is 16.6 Å². The Kier molecular flexibility index (Phi) is 3.77. The average Bonchev–Trinajstić information content (AvgIpc) is 2.32. The van der Waals surface area contributed by atoms with Crippen molar-refractivity contribution in [1.82, 2.24) is 0 Å². The number of rotatable bonds is 3. The van der Waals surface area contributed by atoms with Gasteiger partial charge >= 0.3 is 5.97 Å². The molecule has 1 aromatic rings. The zero-order valence-electron chi connectivity index (χ0n) is 11.5. The Morgan fingerprint density at radius 1 is 1.53 bits per heavy atom. The Morgan fingerprint density at radius 3 is 2.84 bits per heavy atom. The molecule has 0 radical (unpaired) electrons. The molecule has 0 amide bonds. The Bertz CT molecular complexity index is 521. The number of carbonyl (C=O) groups is 1. The molecule has 1 aliphatic heterocycles. The van der Waals surface area contributed by atoms with Crippen LogP contribution in [0.4, 0.5) is 0 Å². The summed E-state index contributed by atoms with van der Waals surface area (Å²) in [6.07, 6.45) is 2.01. The highest BCUT2D eigenvalue weighted by atomic mass is 35.5. The fraction of sp³-hybridized carbons (Fsp3) is 0.533. The van der Waals surface area contributed by atoms with E-state index < -0.39 is 11.4 Å². The molecule has 1 aromatic carbocycles. The summed E-state index contributed by atoms with van der Waals surface area (Å²) in [5.41, 5.74) is 2.81. The van der Waals surface area contributed by atoms with Gasteiger partial charge in [-0.15, -0.1) is 0 Å². The maximum absolute atomic E-state index is 11.0. The lowest BCUT2D eigenvalue weighted by Crippen LogP contribution is -2.24. The second-order valence-electron chi connectivity index (χ2n) is 5.75. The van der Waals surface area contributed by atoms with Crippen molar-refractivity contribution in [1.29, 1.82) is 0 Å². The van der Waals surface area contributed by atoms with E-state index in [9.17, 15) is 4.79 Å². The first-order valence-electron chi connectivity index (χ1n) is 6.50. The van der Waals surface area contributed by atoms with Crippen molar-refractivity contribution in [2.45, 2.75) is 45.4 Å². The number of halogens is 1. The highest BCUT2D eigenvalue weighted by Crippen LogP contribution is 2.41. The van der Waals surface area contributed by atoms with Crippen LogP contribution in [0.1, 0.15) is 43.4 Å². The van der Waals surface area contributed by atoms with E-state index in [0.29, 0.717) is 11.6 Å². The van der Waals surface area contributed by atoms with Crippen molar-refractivity contribution in [2.24, 2.45) is 0 Å². The third-order valence-corrected chi connectivity index (χ3v) is 4.04. The van der Waals surface area contributed by atoms with Crippen LogP contribution in [0.3, 0.4) is 0 Å². The largest absolute Gasteiger partial charge is 0.492 e. The molecule has 0 atom stereocenters. The lowest BCUT2D eigenvalue weighted by atomic mass is 9.77. The monoisotopic (exact) mass is 282 g/mol. The van der Waals surface area contributed by atoms with Crippen molar-refractivity contribution in [2.75, 3.05) is 6.61 Å². The van der Waals surface area contributed by atoms with E-state index in [-0.39, 0.29) is 6.42 Å². The molecule has 0 aromatic heterocycles. The van der Waals surface area contributed by atoms with Gasteiger partial charge in [-0.2, -0.15) is 0 Å². The molecule has 19 heavy (non-hydrogen) atoms. The normalized spacial score (nSPS) is 14.7. The Labute approximate surface area is 118 Å². The van der Waals surface area contributed by atoms with Gasteiger partial charge in [0.25, 0.3) is 0 Å². The zero-order valence-corrected chi connectivity index (χ0v) is 12.3. The van der Waals surface area contributed by atoms with Crippen molar-refractivity contribution in [3.63, 3.8) is 0 Å². The summed E-state index contributed by atoms with van der Waals surface area (Å²) in [5.74, 6) is -0.0187. The third kappa shape index (κ3) is 2.71. The van der Waals surface area contributed by atoms with Crippen LogP contribution in [0, 0.1) is 6.92 Å². The van der Waals surface area contributed by atoms with Crippen LogP contribution in [0.2, 0.25) is 5.02 Å². The van der Waals surface area contributed by atoms with E-state index in [0.717, 1.165) is 35.3 Å². The van der Waals surface area contributed by atoms with E-state index in [1.807, 2.05) is 26.8 Å². The fourth-order valence-electron chi connectivity index (χ4n) is 2.83. The van der Waals surface area contributed by atoms with E-state index in [1.165, 1.54) is 0 Å². The quantitative estimate of drug-likeness (QED) is 0.919. The van der Waals surface area contributed by atoms with Crippen molar-refractivity contribution in [3.05, 3.63) is 27.8 Å². The first-order valence-corrected chi connectivity index (χ1v) is 6.88. The Hall–Kier alpha value is -1.22. The van der Waals surface area contributed by atoms with Gasteiger partial charge in [-0.3, -0.25) is 4.79 Å². The van der Waals surface area contributed by atoms with Crippen molar-refractivity contribution < 1.29 is 14.6 Å². The zero-order chi connectivity index (χ0) is 14.2. The number of fused-ring (bicyclic) bond motifs is 1. The number of carboxylic acid groups (broad SMARTS) is 1. The van der Waals surface area contributed by atoms with Gasteiger partial charge in [-0.05, 0) is 42.5 Å². The first-order chi connectivity index (χ1) is 8.83. The molecule has 0 unspecified atom stereocenters. The summed E-state index contributed by atoms with van der Waals surface area (Å²) in [4.78, 5) is 11.0. The second kappa shape index (κ2) is 5.04. The molecule has 4 heteroatoms. The van der Waals surface area contributed by atoms with Crippen LogP contribution in [0.5, 0.6) is 5.75 Å². The van der Waals surface area contributed by atoms with Crippen LogP contribution in [0.25, 0.3) is 0 Å². The SMILES string of the molecule is Cc1c(C(C)(C)CC(=O)O)cc(Cl)c2c1CCCO2. The summed E-state index contributed by atoms with van der Waals surface area (Å²) in [5, 5.41) is 9.64. The smallest absolute Gasteiger partial charge is 0.304 e. The van der Waals surface area contributed by atoms with Crippen LogP contribution in [0.15, 0.2) is 6.07 Å². The topological polar surface area (TPSA) is 46.5 Å². The lowest BCUT2D eigenvalue weighted by Gasteiger charge is -2.29. The Morgan fingerprint density at radius 2 is 2.21 bits per heavy atom. The summed E-state index contributed by atoms with van der Waals surface area (Å²) in [7, 11) is 0. The van der Waals surface area contributed by atoms with E-state index in [2.05, 4.69) is 0 Å². The van der Waals surface area contributed by atoms with E-state index in [1.54, 1.807) is 0 Å². The first kappa shape index (κ1) is 14.2. The minimum atomic E-state index is -0.797. The minimum Gasteiger partial charge on any atom is -0.492 e. The third-order valence-electron chi connectivity index (χ3n) is 3.76. The molecular formula is C15H19ClO3. The molecule has 104 valence electrons. The minimum absolute atomic E-state index is 0.0871. The Balaban J connectivity index is 2.53. The van der Waals surface area contributed by atoms with E-state index >= 15 is 0 Å². The number of hydrogen-bond donors (Lipinski definition) is 1. The standard InChI is InChI=1S/C15H19ClO3/c1-9-10-5-4-6-19-14(10)12(16)7-11(9)15(2,3)8-13(17)18/h7H,4-6,8H2,1-3H3,(H,17,18). The predicted molar refractivity (Wildman–Crippen MR) is 75.3 cm³/mol. The lowest BCUT2D eigenvalue weighted by molar-refractivity contribution is -0.138. The average molecular weight is 283 g/mol. The maximum atomic E-state index is 11.0. The van der Waals surface area contributed by atoms with Crippen molar-refractivity contribution in [3.8, 4) is 5.75 Å². The van der Waals surface area contributed by atoms with Gasteiger partial charge in [-0.25, -0.2) is 0 Å². The molecule has 0 saturated heterocycles. The highest BCUT2D eigenvalue weighted by Gasteiger charge is 2.29. The fourth-order valence-corrected chi connectivity index (χ4v) is 3.11. The van der Waals surface area contributed by atoms with Gasteiger partial charge in [0.15, 0.2) is 0 Å². The molecule has 1 heterocycles. The summed E-state index contributed by atoms with van der Waals surface area (Å²) in [6.45, 7) is 6.61. The summed E-state index contributed by atoms with van der Waals surface area (Å²) in [6, 6.07) is 1.87. The summed E-state index contributed by atoms with van der Waals surface area (Å²) < 4.78 is 5.64. The van der Waals surface area contributed by atoms with Crippen LogP contribution >= 0.6 is 11.6 Å². The number of aliphatic carboxylic acids is 1. The van der Waals surface area contributed by atoms with Gasteiger partial charge in [0.2, 0.25) is 0 Å². The maximum Gasteiger partial charge on any atom is 0.304 e. The number of benzene rings is 1. The van der Waals surface area contributed by atoms with Crippen molar-refractivity contribution >= 4 is 17.6 Å². The number of hydrogen-bond acceptors (Lipinski definition) is 2. The highest BCUT2D eigenvalue weighted by molar-refractivity contribution is 6.32. The molecule has 1 aliphatic rings. The van der Waals surface area contributed by atoms with Crippen LogP contribution in [-0.4, -0.2) is 17.7 Å². The van der Waals surface area contributed by atoms with Crippen LogP contribution < -0.4 is 4.74 Å². The molecule has 0 spiro atoms. The van der Waals surface area contributed by atoms with Gasteiger partial charge in [0, 0.05) is 5.41 Å². The molecule has 0 fully saturated rings. The molecule has 0 aliphatic carbocycles. The molecule has 2 rings (SSSR count). The molecular weight excluding hydrogens is 264 g/mol. The molecule has 0 bridgehead atoms. The summed E-state index contributed by atoms with van der Waals surface area (Å²) >= 11 is 6.29. The molecule has 1 N–H and O–H groups in total. The van der Waals surface area contributed by atoms with Gasteiger partial charge < -0.3 is 9.84 Å². The van der Waals surface area contributed by atoms with E-state index in [4.69, 9.17) is 21.4 Å². The predicted octanol–water partition coefficient (Wildman–Crippen LogP) is 3.73. The van der Waals surface area contributed by atoms with Gasteiger partial charge in [0.05, 0.1) is 18.1 Å². The number of ether oxygens (including phenoxy) is 1. The second-order valence-corrected chi connectivity index (χ2v) is 6.15. The number of carboxylic acids is 1. The molecule has 0 saturated carbocycles. The van der Waals surface area contributed by atoms with Gasteiger partial charge in [-0.1, -0.05) is 25.4 Å².